The van der Waals surface area contributed by atoms with E-state index in [1.165, 1.54) is 0 Å². The largest absolute Gasteiger partial charge is 0.496 e. The summed E-state index contributed by atoms with van der Waals surface area (Å²) < 4.78 is 5.43. The Labute approximate surface area is 194 Å². The standard InChI is InChI=1S/C25H30N4O4/c1-15-10-20(24(30)28-13-17-4-7-19(8-5-17)25(31)32)14-27-23(15)29-16(2)21-11-18(12-26)6-9-22(21)33-3/h6,9-11,14,16-17,19H,4-5,7-8,13H2,1-3H3,(H,27,29)(H,28,30)(H,31,32)/t16-,17?,19?/m0/s1. The number of carbonyl (C=O) groups is 2. The number of hydrogen-bond donors (Lipinski definition) is 3. The van der Waals surface area contributed by atoms with Gasteiger partial charge in [-0.3, -0.25) is 9.59 Å². The molecule has 0 unspecified atom stereocenters. The number of ether oxygens (including phenoxy) is 1. The molecule has 1 amide bonds. The third kappa shape index (κ3) is 6.01. The number of anilines is 1. The Morgan fingerprint density at radius 1 is 1.27 bits per heavy atom. The van der Waals surface area contributed by atoms with Gasteiger partial charge in [0, 0.05) is 18.3 Å². The van der Waals surface area contributed by atoms with Crippen molar-refractivity contribution in [3.63, 3.8) is 0 Å². The highest BCUT2D eigenvalue weighted by Gasteiger charge is 2.26. The molecule has 3 N–H and O–H groups in total. The fraction of sp³-hybridized carbons (Fsp3) is 0.440. The number of aromatic nitrogens is 1. The lowest BCUT2D eigenvalue weighted by atomic mass is 9.82. The van der Waals surface area contributed by atoms with Crippen LogP contribution in [-0.4, -0.2) is 35.6 Å². The molecule has 1 aromatic carbocycles. The van der Waals surface area contributed by atoms with Gasteiger partial charge >= 0.3 is 5.97 Å². The van der Waals surface area contributed by atoms with E-state index in [-0.39, 0.29) is 17.9 Å². The number of hydrogen-bond acceptors (Lipinski definition) is 6. The molecule has 8 heteroatoms. The second-order valence-electron chi connectivity index (χ2n) is 8.59. The summed E-state index contributed by atoms with van der Waals surface area (Å²) in [6.07, 6.45) is 4.49. The topological polar surface area (TPSA) is 124 Å². The lowest BCUT2D eigenvalue weighted by molar-refractivity contribution is -0.143. The van der Waals surface area contributed by atoms with Gasteiger partial charge in [-0.2, -0.15) is 5.26 Å². The number of aliphatic carboxylic acids is 1. The van der Waals surface area contributed by atoms with Gasteiger partial charge in [-0.1, -0.05) is 0 Å². The third-order valence-electron chi connectivity index (χ3n) is 6.27. The SMILES string of the molecule is COc1ccc(C#N)cc1[C@H](C)Nc1ncc(C(=O)NCC2CCC(C(=O)O)CC2)cc1C. The number of nitrogens with one attached hydrogen (secondary N) is 2. The van der Waals surface area contributed by atoms with Crippen molar-refractivity contribution in [2.24, 2.45) is 11.8 Å². The van der Waals surface area contributed by atoms with Gasteiger partial charge in [-0.15, -0.1) is 0 Å². The zero-order valence-corrected chi connectivity index (χ0v) is 19.2. The van der Waals surface area contributed by atoms with Crippen LogP contribution >= 0.6 is 0 Å². The summed E-state index contributed by atoms with van der Waals surface area (Å²) in [5.74, 6) is 0.468. The summed E-state index contributed by atoms with van der Waals surface area (Å²) in [6.45, 7) is 4.38. The Hall–Kier alpha value is -3.60. The van der Waals surface area contributed by atoms with E-state index in [0.29, 0.717) is 48.0 Å². The highest BCUT2D eigenvalue weighted by molar-refractivity contribution is 5.94. The maximum atomic E-state index is 12.6. The number of carbonyl (C=O) groups excluding carboxylic acids is 1. The van der Waals surface area contributed by atoms with E-state index in [1.54, 1.807) is 37.6 Å². The van der Waals surface area contributed by atoms with Crippen LogP contribution in [0.15, 0.2) is 30.5 Å². The minimum atomic E-state index is -0.724. The van der Waals surface area contributed by atoms with Gasteiger partial charge in [0.05, 0.1) is 36.3 Å². The molecular formula is C25H30N4O4. The Morgan fingerprint density at radius 3 is 2.61 bits per heavy atom. The molecule has 1 saturated carbocycles. The minimum absolute atomic E-state index is 0.167. The van der Waals surface area contributed by atoms with E-state index < -0.39 is 5.97 Å². The van der Waals surface area contributed by atoms with E-state index in [9.17, 15) is 14.9 Å². The first-order valence-electron chi connectivity index (χ1n) is 11.1. The Kier molecular flexibility index (Phi) is 7.88. The number of nitriles is 1. The lowest BCUT2D eigenvalue weighted by Gasteiger charge is -2.26. The van der Waals surface area contributed by atoms with Crippen molar-refractivity contribution >= 4 is 17.7 Å². The van der Waals surface area contributed by atoms with Crippen LogP contribution in [0.3, 0.4) is 0 Å². The first-order valence-corrected chi connectivity index (χ1v) is 11.1. The molecule has 1 heterocycles. The van der Waals surface area contributed by atoms with Gasteiger partial charge in [-0.25, -0.2) is 4.98 Å². The fourth-order valence-electron chi connectivity index (χ4n) is 4.23. The molecule has 0 bridgehead atoms. The third-order valence-corrected chi connectivity index (χ3v) is 6.27. The first kappa shape index (κ1) is 24.1. The summed E-state index contributed by atoms with van der Waals surface area (Å²) in [6, 6.07) is 9.04. The Balaban J connectivity index is 1.60. The number of amides is 1. The molecule has 3 rings (SSSR count). The van der Waals surface area contributed by atoms with E-state index in [0.717, 1.165) is 24.0 Å². The minimum Gasteiger partial charge on any atom is -0.496 e. The number of methoxy groups -OCH3 is 1. The van der Waals surface area contributed by atoms with Gasteiger partial charge in [-0.05, 0) is 75.3 Å². The summed E-state index contributed by atoms with van der Waals surface area (Å²) >= 11 is 0. The number of pyridine rings is 1. The molecule has 0 saturated heterocycles. The lowest BCUT2D eigenvalue weighted by Crippen LogP contribution is -2.32. The van der Waals surface area contributed by atoms with Crippen LogP contribution in [0.25, 0.3) is 0 Å². The van der Waals surface area contributed by atoms with Crippen molar-refractivity contribution in [1.29, 1.82) is 5.26 Å². The maximum absolute atomic E-state index is 12.6. The molecule has 1 atom stereocenters. The van der Waals surface area contributed by atoms with Gasteiger partial charge in [0.15, 0.2) is 0 Å². The molecule has 2 aromatic rings. The molecule has 0 spiro atoms. The zero-order chi connectivity index (χ0) is 24.0. The molecule has 1 aliphatic rings. The number of rotatable bonds is 8. The number of carboxylic acid groups (broad SMARTS) is 1. The number of nitrogens with zero attached hydrogens (tertiary/aromatic N) is 2. The molecule has 0 radical (unpaired) electrons. The van der Waals surface area contributed by atoms with Gasteiger partial charge in [0.2, 0.25) is 0 Å². The molecule has 0 aliphatic heterocycles. The predicted octanol–water partition coefficient (Wildman–Crippen LogP) is 4.06. The molecular weight excluding hydrogens is 420 g/mol. The van der Waals surface area contributed by atoms with E-state index in [2.05, 4.69) is 21.7 Å². The molecule has 1 aromatic heterocycles. The van der Waals surface area contributed by atoms with Crippen LogP contribution in [0.1, 0.15) is 65.7 Å². The summed E-state index contributed by atoms with van der Waals surface area (Å²) in [5.41, 5.74) is 2.70. The molecule has 1 fully saturated rings. The number of carboxylic acids is 1. The molecule has 33 heavy (non-hydrogen) atoms. The molecule has 1 aliphatic carbocycles. The monoisotopic (exact) mass is 450 g/mol. The van der Waals surface area contributed by atoms with Crippen molar-refractivity contribution in [2.45, 2.75) is 45.6 Å². The van der Waals surface area contributed by atoms with Crippen LogP contribution in [0, 0.1) is 30.1 Å². The van der Waals surface area contributed by atoms with Crippen LogP contribution in [0.2, 0.25) is 0 Å². The quantitative estimate of drug-likeness (QED) is 0.554. The van der Waals surface area contributed by atoms with Gasteiger partial charge < -0.3 is 20.5 Å². The van der Waals surface area contributed by atoms with E-state index >= 15 is 0 Å². The van der Waals surface area contributed by atoms with Gasteiger partial charge in [0.25, 0.3) is 5.91 Å². The Morgan fingerprint density at radius 2 is 2.00 bits per heavy atom. The van der Waals surface area contributed by atoms with Crippen LogP contribution in [0.5, 0.6) is 5.75 Å². The van der Waals surface area contributed by atoms with Crippen molar-refractivity contribution in [3.05, 3.63) is 52.7 Å². The number of aryl methyl sites for hydroxylation is 1. The second kappa shape index (κ2) is 10.8. The zero-order valence-electron chi connectivity index (χ0n) is 19.2. The summed E-state index contributed by atoms with van der Waals surface area (Å²) in [5, 5.41) is 24.6. The normalized spacial score (nSPS) is 18.6. The van der Waals surface area contributed by atoms with Gasteiger partial charge in [0.1, 0.15) is 11.6 Å². The first-order chi connectivity index (χ1) is 15.8. The average Bonchev–Trinajstić information content (AvgIpc) is 2.83. The van der Waals surface area contributed by atoms with E-state index in [1.807, 2.05) is 13.8 Å². The molecule has 8 nitrogen and oxygen atoms in total. The maximum Gasteiger partial charge on any atom is 0.306 e. The van der Waals surface area contributed by atoms with Crippen molar-refractivity contribution < 1.29 is 19.4 Å². The highest BCUT2D eigenvalue weighted by Crippen LogP contribution is 2.30. The highest BCUT2D eigenvalue weighted by atomic mass is 16.5. The van der Waals surface area contributed by atoms with Crippen molar-refractivity contribution in [2.75, 3.05) is 19.0 Å². The Bertz CT molecular complexity index is 1050. The van der Waals surface area contributed by atoms with E-state index in [4.69, 9.17) is 9.84 Å². The van der Waals surface area contributed by atoms with Crippen LogP contribution < -0.4 is 15.4 Å². The summed E-state index contributed by atoms with van der Waals surface area (Å²) in [7, 11) is 1.59. The smallest absolute Gasteiger partial charge is 0.306 e. The second-order valence-corrected chi connectivity index (χ2v) is 8.59. The van der Waals surface area contributed by atoms with Crippen molar-refractivity contribution in [3.8, 4) is 11.8 Å². The van der Waals surface area contributed by atoms with Crippen LogP contribution in [0.4, 0.5) is 5.82 Å². The van der Waals surface area contributed by atoms with Crippen LogP contribution in [-0.2, 0) is 4.79 Å². The summed E-state index contributed by atoms with van der Waals surface area (Å²) in [4.78, 5) is 28.1. The predicted molar refractivity (Wildman–Crippen MR) is 124 cm³/mol. The van der Waals surface area contributed by atoms with Crippen molar-refractivity contribution in [1.82, 2.24) is 10.3 Å². The molecule has 174 valence electrons. The average molecular weight is 451 g/mol. The fourth-order valence-corrected chi connectivity index (χ4v) is 4.23. The number of benzene rings is 1.